The highest BCUT2D eigenvalue weighted by Gasteiger charge is 2.26. The molecule has 1 amide bonds. The summed E-state index contributed by atoms with van der Waals surface area (Å²) in [5.74, 6) is 2.60. The Morgan fingerprint density at radius 3 is 2.58 bits per heavy atom. The lowest BCUT2D eigenvalue weighted by Crippen LogP contribution is -2.17. The molecule has 0 atom stereocenters. The molecule has 1 aliphatic carbocycles. The molecule has 0 radical (unpaired) electrons. The van der Waals surface area contributed by atoms with Gasteiger partial charge in [-0.15, -0.1) is 10.2 Å². The number of ether oxygens (including phenoxy) is 2. The zero-order valence-corrected chi connectivity index (χ0v) is 24.6. The number of hydrogen-bond acceptors (Lipinski definition) is 8. The van der Waals surface area contributed by atoms with Crippen molar-refractivity contribution in [2.45, 2.75) is 45.2 Å². The molecule has 0 spiro atoms. The second-order valence-electron chi connectivity index (χ2n) is 10.8. The molecular formula is C32H34N8O3. The van der Waals surface area contributed by atoms with Crippen molar-refractivity contribution in [2.24, 2.45) is 0 Å². The molecule has 0 aliphatic heterocycles. The van der Waals surface area contributed by atoms with Gasteiger partial charge in [-0.3, -0.25) is 4.79 Å². The Morgan fingerprint density at radius 1 is 1.05 bits per heavy atom. The third kappa shape index (κ3) is 6.06. The maximum Gasteiger partial charge on any atom is 0.258 e. The van der Waals surface area contributed by atoms with Crippen molar-refractivity contribution < 1.29 is 14.3 Å². The molecule has 0 saturated heterocycles. The second kappa shape index (κ2) is 12.0. The van der Waals surface area contributed by atoms with Gasteiger partial charge in [0.2, 0.25) is 0 Å². The predicted molar refractivity (Wildman–Crippen MR) is 164 cm³/mol. The van der Waals surface area contributed by atoms with Crippen LogP contribution in [0.3, 0.4) is 0 Å². The number of methoxy groups -OCH3 is 2. The number of carbonyl (C=O) groups excluding carboxylic acids is 1. The first-order chi connectivity index (χ1) is 20.9. The average molecular weight is 579 g/mol. The summed E-state index contributed by atoms with van der Waals surface area (Å²) in [7, 11) is 3.26. The lowest BCUT2D eigenvalue weighted by molar-refractivity contribution is 0.102. The van der Waals surface area contributed by atoms with Gasteiger partial charge >= 0.3 is 0 Å². The van der Waals surface area contributed by atoms with Crippen molar-refractivity contribution in [3.63, 3.8) is 0 Å². The number of anilines is 2. The van der Waals surface area contributed by atoms with E-state index in [1.165, 1.54) is 0 Å². The molecule has 3 heterocycles. The molecule has 11 nitrogen and oxygen atoms in total. The summed E-state index contributed by atoms with van der Waals surface area (Å²) in [4.78, 5) is 23.2. The summed E-state index contributed by atoms with van der Waals surface area (Å²) in [5.41, 5.74) is 4.46. The standard InChI is InChI=1S/C32H34N8O3/c1-20(2)40-19-35-38-31(40)25-6-5-7-30(36-25)37-32(41)24-14-28(39-17-27(34-18-39)22-10-11-22)29(43-4)15-26(24)33-16-21-8-12-23(42-3)13-9-21/h5-9,12-15,17-20,22,33H,10-11,16H2,1-4H3,(H,36,37,41). The van der Waals surface area contributed by atoms with Gasteiger partial charge in [-0.05, 0) is 62.6 Å². The smallest absolute Gasteiger partial charge is 0.258 e. The third-order valence-electron chi connectivity index (χ3n) is 7.43. The summed E-state index contributed by atoms with van der Waals surface area (Å²) >= 11 is 0. The predicted octanol–water partition coefficient (Wildman–Crippen LogP) is 5.87. The van der Waals surface area contributed by atoms with E-state index in [0.717, 1.165) is 29.8 Å². The Labute approximate surface area is 249 Å². The SMILES string of the molecule is COc1ccc(CNc2cc(OC)c(-n3cnc(C4CC4)c3)cc2C(=O)Nc2cccc(-c3nncn3C(C)C)n2)cc1. The van der Waals surface area contributed by atoms with Crippen LogP contribution in [-0.4, -0.2) is 49.4 Å². The number of amides is 1. The van der Waals surface area contributed by atoms with Gasteiger partial charge in [-0.1, -0.05) is 18.2 Å². The van der Waals surface area contributed by atoms with Gasteiger partial charge in [0, 0.05) is 30.8 Å². The van der Waals surface area contributed by atoms with Crippen LogP contribution in [-0.2, 0) is 6.54 Å². The molecule has 2 aromatic carbocycles. The third-order valence-corrected chi connectivity index (χ3v) is 7.43. The molecule has 5 aromatic rings. The number of benzene rings is 2. The number of aromatic nitrogens is 6. The zero-order valence-electron chi connectivity index (χ0n) is 24.6. The number of nitrogens with zero attached hydrogens (tertiary/aromatic N) is 6. The van der Waals surface area contributed by atoms with Crippen molar-refractivity contribution in [1.82, 2.24) is 29.3 Å². The number of imidazole rings is 1. The minimum Gasteiger partial charge on any atom is -0.497 e. The topological polar surface area (TPSA) is 121 Å². The maximum atomic E-state index is 13.9. The van der Waals surface area contributed by atoms with E-state index >= 15 is 0 Å². The van der Waals surface area contributed by atoms with Crippen LogP contribution in [0, 0.1) is 0 Å². The first-order valence-electron chi connectivity index (χ1n) is 14.2. The largest absolute Gasteiger partial charge is 0.497 e. The first kappa shape index (κ1) is 28.0. The minimum atomic E-state index is -0.321. The van der Waals surface area contributed by atoms with E-state index in [-0.39, 0.29) is 11.9 Å². The minimum absolute atomic E-state index is 0.158. The summed E-state index contributed by atoms with van der Waals surface area (Å²) in [6.07, 6.45) is 7.76. The number of rotatable bonds is 11. The molecule has 1 fully saturated rings. The van der Waals surface area contributed by atoms with Gasteiger partial charge in [0.1, 0.15) is 29.3 Å². The molecule has 3 aromatic heterocycles. The highest BCUT2D eigenvalue weighted by atomic mass is 16.5. The van der Waals surface area contributed by atoms with Crippen LogP contribution in [0.4, 0.5) is 11.5 Å². The average Bonchev–Trinajstić information content (AvgIpc) is 3.54. The highest BCUT2D eigenvalue weighted by molar-refractivity contribution is 6.08. The van der Waals surface area contributed by atoms with Crippen molar-refractivity contribution in [2.75, 3.05) is 24.9 Å². The van der Waals surface area contributed by atoms with Crippen LogP contribution in [0.25, 0.3) is 17.2 Å². The molecule has 11 heteroatoms. The zero-order chi connectivity index (χ0) is 29.9. The van der Waals surface area contributed by atoms with E-state index in [0.29, 0.717) is 52.5 Å². The van der Waals surface area contributed by atoms with Crippen LogP contribution in [0.5, 0.6) is 11.5 Å². The van der Waals surface area contributed by atoms with Crippen molar-refractivity contribution >= 4 is 17.4 Å². The Balaban J connectivity index is 1.33. The van der Waals surface area contributed by atoms with Gasteiger partial charge < -0.3 is 29.2 Å². The van der Waals surface area contributed by atoms with Crippen molar-refractivity contribution in [3.8, 4) is 28.7 Å². The first-order valence-corrected chi connectivity index (χ1v) is 14.2. The van der Waals surface area contributed by atoms with Gasteiger partial charge in [0.05, 0.1) is 43.2 Å². The van der Waals surface area contributed by atoms with E-state index in [2.05, 4.69) is 30.8 Å². The van der Waals surface area contributed by atoms with Crippen molar-refractivity contribution in [3.05, 3.63) is 90.3 Å². The van der Waals surface area contributed by atoms with Crippen LogP contribution in [0.15, 0.2) is 73.4 Å². The second-order valence-corrected chi connectivity index (χ2v) is 10.8. The maximum absolute atomic E-state index is 13.9. The number of pyridine rings is 1. The lowest BCUT2D eigenvalue weighted by Gasteiger charge is -2.17. The fraction of sp³-hybridized carbons (Fsp3) is 0.281. The van der Waals surface area contributed by atoms with Gasteiger partial charge in [-0.25, -0.2) is 9.97 Å². The Morgan fingerprint density at radius 2 is 1.86 bits per heavy atom. The van der Waals surface area contributed by atoms with Crippen molar-refractivity contribution in [1.29, 1.82) is 0 Å². The Kier molecular flexibility index (Phi) is 7.78. The molecule has 43 heavy (non-hydrogen) atoms. The molecule has 0 unspecified atom stereocenters. The molecule has 1 saturated carbocycles. The summed E-state index contributed by atoms with van der Waals surface area (Å²) < 4.78 is 14.9. The monoisotopic (exact) mass is 578 g/mol. The number of nitrogens with one attached hydrogen (secondary N) is 2. The highest BCUT2D eigenvalue weighted by Crippen LogP contribution is 2.40. The van der Waals surface area contributed by atoms with Crippen LogP contribution < -0.4 is 20.1 Å². The van der Waals surface area contributed by atoms with Crippen LogP contribution in [0.2, 0.25) is 0 Å². The van der Waals surface area contributed by atoms with E-state index < -0.39 is 0 Å². The lowest BCUT2D eigenvalue weighted by atomic mass is 10.1. The number of hydrogen-bond donors (Lipinski definition) is 2. The van der Waals surface area contributed by atoms with E-state index in [1.54, 1.807) is 32.9 Å². The Bertz CT molecular complexity index is 1740. The van der Waals surface area contributed by atoms with Gasteiger partial charge in [0.15, 0.2) is 5.82 Å². The Hall–Kier alpha value is -5.19. The van der Waals surface area contributed by atoms with Gasteiger partial charge in [-0.2, -0.15) is 0 Å². The quantitative estimate of drug-likeness (QED) is 0.200. The van der Waals surface area contributed by atoms with E-state index in [9.17, 15) is 4.79 Å². The fourth-order valence-corrected chi connectivity index (χ4v) is 4.88. The van der Waals surface area contributed by atoms with Crippen LogP contribution in [0.1, 0.15) is 60.3 Å². The molecule has 220 valence electrons. The van der Waals surface area contributed by atoms with Gasteiger partial charge in [0.25, 0.3) is 5.91 Å². The van der Waals surface area contributed by atoms with E-state index in [4.69, 9.17) is 9.47 Å². The summed E-state index contributed by atoms with van der Waals surface area (Å²) in [6, 6.07) is 17.0. The summed E-state index contributed by atoms with van der Waals surface area (Å²) in [5, 5.41) is 14.7. The summed E-state index contributed by atoms with van der Waals surface area (Å²) in [6.45, 7) is 4.59. The normalized spacial score (nSPS) is 12.8. The molecular weight excluding hydrogens is 544 g/mol. The fourth-order valence-electron chi connectivity index (χ4n) is 4.88. The molecule has 1 aliphatic rings. The van der Waals surface area contributed by atoms with Crippen LogP contribution >= 0.6 is 0 Å². The van der Waals surface area contributed by atoms with E-state index in [1.807, 2.05) is 77.7 Å². The molecule has 6 rings (SSSR count). The molecule has 2 N–H and O–H groups in total. The number of carbonyl (C=O) groups is 1. The molecule has 0 bridgehead atoms.